The number of aliphatic hydroxyl groups is 1. The molecule has 0 spiro atoms. The van der Waals surface area contributed by atoms with Gasteiger partial charge in [-0.05, 0) is 52.4 Å². The van der Waals surface area contributed by atoms with Gasteiger partial charge in [0.25, 0.3) is 0 Å². The van der Waals surface area contributed by atoms with Crippen molar-refractivity contribution >= 4 is 0 Å². The van der Waals surface area contributed by atoms with E-state index in [0.717, 1.165) is 26.2 Å². The van der Waals surface area contributed by atoms with Crippen LogP contribution >= 0.6 is 0 Å². The van der Waals surface area contributed by atoms with Gasteiger partial charge in [-0.2, -0.15) is 0 Å². The summed E-state index contributed by atoms with van der Waals surface area (Å²) < 4.78 is 17.1. The van der Waals surface area contributed by atoms with Gasteiger partial charge in [-0.15, -0.1) is 0 Å². The highest BCUT2D eigenvalue weighted by Gasteiger charge is 2.27. The molecule has 6 heteroatoms. The summed E-state index contributed by atoms with van der Waals surface area (Å²) in [5, 5.41) is 10.2. The highest BCUT2D eigenvalue weighted by atomic mass is 16.5. The molecule has 2 rings (SSSR count). The van der Waals surface area contributed by atoms with Crippen molar-refractivity contribution in [1.82, 2.24) is 9.80 Å². The van der Waals surface area contributed by atoms with E-state index < -0.39 is 6.10 Å². The number of methoxy groups -OCH3 is 1. The Morgan fingerprint density at radius 1 is 1.30 bits per heavy atom. The highest BCUT2D eigenvalue weighted by Crippen LogP contribution is 2.29. The maximum atomic E-state index is 10.2. The van der Waals surface area contributed by atoms with E-state index in [1.54, 1.807) is 7.11 Å². The van der Waals surface area contributed by atoms with E-state index in [2.05, 4.69) is 43.6 Å². The Bertz CT molecular complexity index is 592. The number of likely N-dealkylation sites (N-methyl/N-ethyl adjacent to an activating group) is 1. The summed E-state index contributed by atoms with van der Waals surface area (Å²) in [4.78, 5) is 4.49. The number of morpholine rings is 1. The van der Waals surface area contributed by atoms with E-state index in [-0.39, 0.29) is 12.2 Å². The molecule has 0 radical (unpaired) electrons. The SMILES string of the molecule is COc1cc(CN2CCOC(C)(C)C2)ccc1OC[C@@H](O)CN(C)C(C)C. The van der Waals surface area contributed by atoms with Crippen LogP contribution in [0, 0.1) is 0 Å². The summed E-state index contributed by atoms with van der Waals surface area (Å²) in [6.07, 6.45) is -0.544. The van der Waals surface area contributed by atoms with Crippen molar-refractivity contribution in [2.24, 2.45) is 0 Å². The zero-order chi connectivity index (χ0) is 20.0. The number of hydrogen-bond donors (Lipinski definition) is 1. The molecule has 0 amide bonds. The van der Waals surface area contributed by atoms with Gasteiger partial charge >= 0.3 is 0 Å². The van der Waals surface area contributed by atoms with Crippen molar-refractivity contribution in [2.75, 3.05) is 47.0 Å². The zero-order valence-corrected chi connectivity index (χ0v) is 17.7. The molecule has 0 saturated carbocycles. The lowest BCUT2D eigenvalue weighted by Gasteiger charge is -2.38. The maximum absolute atomic E-state index is 10.2. The van der Waals surface area contributed by atoms with Crippen molar-refractivity contribution in [3.8, 4) is 11.5 Å². The number of hydrogen-bond acceptors (Lipinski definition) is 6. The first-order chi connectivity index (χ1) is 12.7. The minimum atomic E-state index is -0.544. The predicted octanol–water partition coefficient (Wildman–Crippen LogP) is 2.39. The summed E-state index contributed by atoms with van der Waals surface area (Å²) in [5.74, 6) is 1.36. The molecule has 1 aliphatic heterocycles. The van der Waals surface area contributed by atoms with Crippen molar-refractivity contribution in [2.45, 2.75) is 52.0 Å². The van der Waals surface area contributed by atoms with Crippen LogP contribution in [0.25, 0.3) is 0 Å². The van der Waals surface area contributed by atoms with Crippen molar-refractivity contribution in [3.63, 3.8) is 0 Å². The zero-order valence-electron chi connectivity index (χ0n) is 17.7. The molecule has 0 unspecified atom stereocenters. The van der Waals surface area contributed by atoms with Crippen LogP contribution in [0.1, 0.15) is 33.3 Å². The first-order valence-electron chi connectivity index (χ1n) is 9.74. The lowest BCUT2D eigenvalue weighted by Crippen LogP contribution is -2.47. The summed E-state index contributed by atoms with van der Waals surface area (Å²) in [7, 11) is 3.64. The fraction of sp³-hybridized carbons (Fsp3) is 0.714. The van der Waals surface area contributed by atoms with E-state index in [1.807, 2.05) is 19.2 Å². The van der Waals surface area contributed by atoms with Crippen LogP contribution < -0.4 is 9.47 Å². The van der Waals surface area contributed by atoms with Gasteiger partial charge in [0.05, 0.1) is 19.3 Å². The van der Waals surface area contributed by atoms with Gasteiger partial charge in [-0.25, -0.2) is 0 Å². The molecule has 1 heterocycles. The quantitative estimate of drug-likeness (QED) is 0.710. The van der Waals surface area contributed by atoms with Crippen LogP contribution in [0.3, 0.4) is 0 Å². The fourth-order valence-electron chi connectivity index (χ4n) is 3.22. The Labute approximate surface area is 164 Å². The molecule has 1 atom stereocenters. The van der Waals surface area contributed by atoms with E-state index in [0.29, 0.717) is 24.1 Å². The maximum Gasteiger partial charge on any atom is 0.161 e. The van der Waals surface area contributed by atoms with Crippen molar-refractivity contribution < 1.29 is 19.3 Å². The van der Waals surface area contributed by atoms with E-state index >= 15 is 0 Å². The molecule has 154 valence electrons. The molecule has 27 heavy (non-hydrogen) atoms. The third-order valence-electron chi connectivity index (χ3n) is 4.95. The number of nitrogens with zero attached hydrogens (tertiary/aromatic N) is 2. The molecule has 1 aromatic carbocycles. The van der Waals surface area contributed by atoms with E-state index in [9.17, 15) is 5.11 Å². The number of benzene rings is 1. The number of rotatable bonds is 9. The van der Waals surface area contributed by atoms with Gasteiger partial charge in [0.2, 0.25) is 0 Å². The molecule has 1 fully saturated rings. The standard InChI is InChI=1S/C21H36N2O4/c1-16(2)22(5)13-18(24)14-26-19-8-7-17(11-20(19)25-6)12-23-9-10-27-21(3,4)15-23/h7-8,11,16,18,24H,9-10,12-15H2,1-6H3/t18-/m0/s1. The van der Waals surface area contributed by atoms with Crippen LogP contribution in [0.5, 0.6) is 11.5 Å². The number of ether oxygens (including phenoxy) is 3. The largest absolute Gasteiger partial charge is 0.493 e. The van der Waals surface area contributed by atoms with Crippen LogP contribution in [0.4, 0.5) is 0 Å². The molecular formula is C21H36N2O4. The van der Waals surface area contributed by atoms with Crippen molar-refractivity contribution in [1.29, 1.82) is 0 Å². The van der Waals surface area contributed by atoms with E-state index in [1.165, 1.54) is 5.56 Å². The smallest absolute Gasteiger partial charge is 0.161 e. The molecule has 1 aromatic rings. The molecular weight excluding hydrogens is 344 g/mol. The van der Waals surface area contributed by atoms with Crippen molar-refractivity contribution in [3.05, 3.63) is 23.8 Å². The average molecular weight is 381 g/mol. The first kappa shape index (κ1) is 22.0. The van der Waals surface area contributed by atoms with Gasteiger partial charge < -0.3 is 24.2 Å². The summed E-state index contributed by atoms with van der Waals surface area (Å²) in [5.41, 5.74) is 1.07. The summed E-state index contributed by atoms with van der Waals surface area (Å²) in [6.45, 7) is 12.7. The normalized spacial score (nSPS) is 18.7. The van der Waals surface area contributed by atoms with Gasteiger partial charge in [0.1, 0.15) is 12.7 Å². The molecule has 0 aromatic heterocycles. The molecule has 1 saturated heterocycles. The second-order valence-electron chi connectivity index (χ2n) is 8.30. The second kappa shape index (κ2) is 9.73. The summed E-state index contributed by atoms with van der Waals surface area (Å²) in [6, 6.07) is 6.40. The molecule has 0 aliphatic carbocycles. The third kappa shape index (κ3) is 6.96. The Hall–Kier alpha value is -1.34. The topological polar surface area (TPSA) is 54.4 Å². The Morgan fingerprint density at radius 3 is 2.67 bits per heavy atom. The summed E-state index contributed by atoms with van der Waals surface area (Å²) >= 11 is 0. The monoisotopic (exact) mass is 380 g/mol. The fourth-order valence-corrected chi connectivity index (χ4v) is 3.22. The van der Waals surface area contributed by atoms with Gasteiger partial charge in [-0.3, -0.25) is 4.90 Å². The Kier molecular flexibility index (Phi) is 7.91. The Balaban J connectivity index is 1.93. The second-order valence-corrected chi connectivity index (χ2v) is 8.30. The van der Waals surface area contributed by atoms with Crippen LogP contribution in [0.2, 0.25) is 0 Å². The first-order valence-corrected chi connectivity index (χ1v) is 9.74. The molecule has 1 aliphatic rings. The highest BCUT2D eigenvalue weighted by molar-refractivity contribution is 5.43. The average Bonchev–Trinajstić information content (AvgIpc) is 2.59. The van der Waals surface area contributed by atoms with Gasteiger partial charge in [0, 0.05) is 32.2 Å². The van der Waals surface area contributed by atoms with Gasteiger partial charge in [-0.1, -0.05) is 6.07 Å². The lowest BCUT2D eigenvalue weighted by atomic mass is 10.1. The van der Waals surface area contributed by atoms with Crippen LogP contribution in [-0.4, -0.2) is 79.7 Å². The minimum absolute atomic E-state index is 0.106. The molecule has 1 N–H and O–H groups in total. The lowest BCUT2D eigenvalue weighted by molar-refractivity contribution is -0.0882. The van der Waals surface area contributed by atoms with Crippen LogP contribution in [-0.2, 0) is 11.3 Å². The minimum Gasteiger partial charge on any atom is -0.493 e. The molecule has 0 bridgehead atoms. The molecule has 6 nitrogen and oxygen atoms in total. The number of aliphatic hydroxyl groups excluding tert-OH is 1. The third-order valence-corrected chi connectivity index (χ3v) is 4.95. The van der Waals surface area contributed by atoms with Crippen LogP contribution in [0.15, 0.2) is 18.2 Å². The Morgan fingerprint density at radius 2 is 2.04 bits per heavy atom. The van der Waals surface area contributed by atoms with E-state index in [4.69, 9.17) is 14.2 Å². The van der Waals surface area contributed by atoms with Gasteiger partial charge in [0.15, 0.2) is 11.5 Å². The predicted molar refractivity (Wildman–Crippen MR) is 108 cm³/mol.